The summed E-state index contributed by atoms with van der Waals surface area (Å²) in [5.74, 6) is 1.37. The molecular formula is C26H26N4O3S2. The van der Waals surface area contributed by atoms with Gasteiger partial charge in [-0.2, -0.15) is 0 Å². The Kier molecular flexibility index (Phi) is 5.89. The topological polar surface area (TPSA) is 97.0 Å². The van der Waals surface area contributed by atoms with E-state index >= 15 is 0 Å². The van der Waals surface area contributed by atoms with Gasteiger partial charge >= 0.3 is 0 Å². The molecule has 4 heterocycles. The fourth-order valence-corrected chi connectivity index (χ4v) is 7.10. The Bertz CT molecular complexity index is 1500. The van der Waals surface area contributed by atoms with Gasteiger partial charge in [0.15, 0.2) is 5.13 Å². The van der Waals surface area contributed by atoms with E-state index in [-0.39, 0.29) is 17.9 Å². The van der Waals surface area contributed by atoms with Crippen molar-refractivity contribution in [3.63, 3.8) is 0 Å². The second kappa shape index (κ2) is 9.20. The Hall–Kier alpha value is -3.04. The number of carbonyl (C=O) groups excluding carboxylic acids is 1. The molecule has 35 heavy (non-hydrogen) atoms. The first-order chi connectivity index (χ1) is 17.0. The number of amides is 1. The number of H-pyrrole nitrogens is 1. The van der Waals surface area contributed by atoms with Gasteiger partial charge in [-0.05, 0) is 74.8 Å². The molecule has 0 atom stereocenters. The van der Waals surface area contributed by atoms with E-state index in [9.17, 15) is 9.59 Å². The summed E-state index contributed by atoms with van der Waals surface area (Å²) in [5.41, 5.74) is 4.22. The molecule has 9 heteroatoms. The number of fused-ring (bicyclic) bond motifs is 4. The predicted octanol–water partition coefficient (Wildman–Crippen LogP) is 5.19. The van der Waals surface area contributed by atoms with Gasteiger partial charge in [0.05, 0.1) is 17.7 Å². The number of aryl methyl sites for hydroxylation is 5. The molecule has 7 nitrogen and oxygen atoms in total. The van der Waals surface area contributed by atoms with Crippen LogP contribution in [0.25, 0.3) is 21.5 Å². The zero-order chi connectivity index (χ0) is 23.9. The average Bonchev–Trinajstić information content (AvgIpc) is 3.42. The van der Waals surface area contributed by atoms with Gasteiger partial charge in [-0.1, -0.05) is 0 Å². The van der Waals surface area contributed by atoms with Crippen molar-refractivity contribution in [2.24, 2.45) is 0 Å². The van der Waals surface area contributed by atoms with Crippen molar-refractivity contribution < 1.29 is 9.53 Å². The molecule has 0 fully saturated rings. The minimum absolute atomic E-state index is 0.0829. The van der Waals surface area contributed by atoms with Crippen LogP contribution in [-0.2, 0) is 30.5 Å². The third-order valence-electron chi connectivity index (χ3n) is 6.69. The van der Waals surface area contributed by atoms with Crippen LogP contribution in [0.4, 0.5) is 5.13 Å². The van der Waals surface area contributed by atoms with Crippen LogP contribution in [-0.4, -0.2) is 27.5 Å². The minimum Gasteiger partial charge on any atom is -0.493 e. The summed E-state index contributed by atoms with van der Waals surface area (Å²) < 4.78 is 5.72. The second-order valence-corrected chi connectivity index (χ2v) is 11.4. The average molecular weight is 507 g/mol. The summed E-state index contributed by atoms with van der Waals surface area (Å²) in [6.45, 7) is 2.79. The molecule has 1 aliphatic heterocycles. The molecule has 0 saturated carbocycles. The molecule has 2 N–H and O–H groups in total. The number of benzene rings is 1. The third-order valence-corrected chi connectivity index (χ3v) is 8.76. The standard InChI is InChI=1S/C26H26N4O3S2/c1-14-23(16-8-9-18-15(13-16)5-4-12-33-18)30-26(34-14)29-21(31)11-10-20-27-24(32)22-17-6-2-3-7-19(17)35-25(22)28-20/h8-9,13H,2-7,10-12H2,1H3,(H,27,28,32)(H,29,30,31). The van der Waals surface area contributed by atoms with Gasteiger partial charge in [0.1, 0.15) is 16.4 Å². The monoisotopic (exact) mass is 506 g/mol. The van der Waals surface area contributed by atoms with Crippen molar-refractivity contribution in [1.29, 1.82) is 0 Å². The summed E-state index contributed by atoms with van der Waals surface area (Å²) in [5, 5.41) is 4.25. The Balaban J connectivity index is 1.14. The number of hydrogen-bond acceptors (Lipinski definition) is 7. The molecule has 0 unspecified atom stereocenters. The number of ether oxygens (including phenoxy) is 1. The summed E-state index contributed by atoms with van der Waals surface area (Å²) in [6.07, 6.45) is 6.91. The number of aromatic amines is 1. The largest absolute Gasteiger partial charge is 0.493 e. The number of anilines is 1. The Morgan fingerprint density at radius 2 is 2.03 bits per heavy atom. The first kappa shape index (κ1) is 22.4. The summed E-state index contributed by atoms with van der Waals surface area (Å²) in [4.78, 5) is 40.8. The highest BCUT2D eigenvalue weighted by Gasteiger charge is 2.20. The van der Waals surface area contributed by atoms with Crippen LogP contribution in [0.15, 0.2) is 23.0 Å². The second-order valence-electron chi connectivity index (χ2n) is 9.15. The third kappa shape index (κ3) is 4.38. The van der Waals surface area contributed by atoms with E-state index in [1.165, 1.54) is 33.8 Å². The molecule has 0 radical (unpaired) electrons. The van der Waals surface area contributed by atoms with Crippen LogP contribution in [0.1, 0.15) is 52.4 Å². The number of hydrogen-bond donors (Lipinski definition) is 2. The van der Waals surface area contributed by atoms with Gasteiger partial charge in [0.25, 0.3) is 5.56 Å². The SMILES string of the molecule is Cc1sc(NC(=O)CCc2nc3sc4c(c3c(=O)[nH]2)CCCC4)nc1-c1ccc2c(c1)CCCO2. The van der Waals surface area contributed by atoms with Crippen molar-refractivity contribution in [3.05, 3.63) is 55.3 Å². The number of aromatic nitrogens is 3. The molecule has 6 rings (SSSR count). The van der Waals surface area contributed by atoms with Crippen LogP contribution in [0.2, 0.25) is 0 Å². The molecule has 2 aliphatic rings. The van der Waals surface area contributed by atoms with Crippen molar-refractivity contribution in [3.8, 4) is 17.0 Å². The van der Waals surface area contributed by atoms with Gasteiger partial charge in [-0.3, -0.25) is 9.59 Å². The lowest BCUT2D eigenvalue weighted by atomic mass is 9.97. The first-order valence-corrected chi connectivity index (χ1v) is 13.8. The van der Waals surface area contributed by atoms with E-state index in [4.69, 9.17) is 9.72 Å². The molecule has 4 aromatic rings. The van der Waals surface area contributed by atoms with E-state index in [2.05, 4.69) is 21.4 Å². The van der Waals surface area contributed by atoms with Gasteiger partial charge < -0.3 is 15.0 Å². The van der Waals surface area contributed by atoms with E-state index in [0.29, 0.717) is 17.4 Å². The summed E-state index contributed by atoms with van der Waals surface area (Å²) in [7, 11) is 0. The predicted molar refractivity (Wildman–Crippen MR) is 140 cm³/mol. The Morgan fingerprint density at radius 3 is 2.94 bits per heavy atom. The van der Waals surface area contributed by atoms with Gasteiger partial charge in [-0.15, -0.1) is 22.7 Å². The molecule has 1 aliphatic carbocycles. The smallest absolute Gasteiger partial charge is 0.259 e. The van der Waals surface area contributed by atoms with Crippen LogP contribution in [0.3, 0.4) is 0 Å². The number of thiophene rings is 1. The van der Waals surface area contributed by atoms with Gasteiger partial charge in [0.2, 0.25) is 5.91 Å². The van der Waals surface area contributed by atoms with Crippen LogP contribution in [0.5, 0.6) is 5.75 Å². The van der Waals surface area contributed by atoms with Crippen LogP contribution >= 0.6 is 22.7 Å². The van der Waals surface area contributed by atoms with Crippen molar-refractivity contribution in [1.82, 2.24) is 15.0 Å². The number of nitrogens with one attached hydrogen (secondary N) is 2. The van der Waals surface area contributed by atoms with E-state index < -0.39 is 0 Å². The minimum atomic E-state index is -0.141. The Labute approximate surface area is 210 Å². The fourth-order valence-electron chi connectivity index (χ4n) is 4.97. The van der Waals surface area contributed by atoms with Crippen molar-refractivity contribution >= 4 is 43.9 Å². The molecule has 0 saturated heterocycles. The highest BCUT2D eigenvalue weighted by atomic mass is 32.1. The van der Waals surface area contributed by atoms with E-state index in [1.807, 2.05) is 19.1 Å². The van der Waals surface area contributed by atoms with Gasteiger partial charge in [-0.25, -0.2) is 9.97 Å². The maximum absolute atomic E-state index is 12.7. The molecule has 1 aromatic carbocycles. The highest BCUT2D eigenvalue weighted by Crippen LogP contribution is 2.35. The molecule has 0 bridgehead atoms. The lowest BCUT2D eigenvalue weighted by Gasteiger charge is -2.17. The van der Waals surface area contributed by atoms with Crippen molar-refractivity contribution in [2.75, 3.05) is 11.9 Å². The normalized spacial score (nSPS) is 14.9. The lowest BCUT2D eigenvalue weighted by Crippen LogP contribution is -2.16. The molecule has 0 spiro atoms. The molecule has 1 amide bonds. The maximum Gasteiger partial charge on any atom is 0.259 e. The lowest BCUT2D eigenvalue weighted by molar-refractivity contribution is -0.116. The Morgan fingerprint density at radius 1 is 1.14 bits per heavy atom. The molecule has 180 valence electrons. The number of thiazole rings is 1. The fraction of sp³-hybridized carbons (Fsp3) is 0.385. The number of nitrogens with zero attached hydrogens (tertiary/aromatic N) is 2. The number of rotatable bonds is 5. The quantitative estimate of drug-likeness (QED) is 0.388. The zero-order valence-electron chi connectivity index (χ0n) is 19.5. The highest BCUT2D eigenvalue weighted by molar-refractivity contribution is 7.18. The summed E-state index contributed by atoms with van der Waals surface area (Å²) >= 11 is 3.10. The zero-order valence-corrected chi connectivity index (χ0v) is 21.2. The number of carbonyl (C=O) groups is 1. The van der Waals surface area contributed by atoms with Crippen molar-refractivity contribution in [2.45, 2.75) is 58.3 Å². The van der Waals surface area contributed by atoms with E-state index in [0.717, 1.165) is 70.8 Å². The first-order valence-electron chi connectivity index (χ1n) is 12.1. The van der Waals surface area contributed by atoms with Gasteiger partial charge in [0, 0.05) is 28.2 Å². The molecule has 3 aromatic heterocycles. The van der Waals surface area contributed by atoms with Crippen LogP contribution < -0.4 is 15.6 Å². The van der Waals surface area contributed by atoms with E-state index in [1.54, 1.807) is 11.3 Å². The molecular weight excluding hydrogens is 480 g/mol. The van der Waals surface area contributed by atoms with Crippen LogP contribution in [0, 0.1) is 6.92 Å². The summed E-state index contributed by atoms with van der Waals surface area (Å²) in [6, 6.07) is 6.18. The maximum atomic E-state index is 12.7.